The number of carbonyl (C=O) groups is 1. The van der Waals surface area contributed by atoms with Crippen molar-refractivity contribution < 1.29 is 4.79 Å². The Morgan fingerprint density at radius 2 is 2.24 bits per heavy atom. The summed E-state index contributed by atoms with van der Waals surface area (Å²) < 4.78 is 1.91. The van der Waals surface area contributed by atoms with E-state index in [9.17, 15) is 4.79 Å². The molecule has 6 heteroatoms. The Morgan fingerprint density at radius 1 is 1.48 bits per heavy atom. The molecule has 2 rings (SSSR count). The second-order valence-electron chi connectivity index (χ2n) is 5.87. The van der Waals surface area contributed by atoms with Crippen LogP contribution in [0.1, 0.15) is 32.6 Å². The number of amides is 1. The van der Waals surface area contributed by atoms with E-state index in [2.05, 4.69) is 22.7 Å². The van der Waals surface area contributed by atoms with Crippen LogP contribution in [-0.2, 0) is 11.3 Å². The summed E-state index contributed by atoms with van der Waals surface area (Å²) in [4.78, 5) is 11.8. The van der Waals surface area contributed by atoms with Gasteiger partial charge in [0.05, 0.1) is 0 Å². The zero-order valence-electron chi connectivity index (χ0n) is 12.8. The molecule has 2 N–H and O–H groups in total. The summed E-state index contributed by atoms with van der Waals surface area (Å²) >= 11 is 0. The quantitative estimate of drug-likeness (QED) is 0.807. The highest BCUT2D eigenvalue weighted by Crippen LogP contribution is 2.17. The SMILES string of the molecule is CC(CNC(=O)CCC1CCNCC1)Cn1cccn1.Cl. The first-order valence-corrected chi connectivity index (χ1v) is 7.69. The normalized spacial score (nSPS) is 17.0. The van der Waals surface area contributed by atoms with Crippen molar-refractivity contribution in [1.29, 1.82) is 0 Å². The number of aromatic nitrogens is 2. The number of carbonyl (C=O) groups excluding carboxylic acids is 1. The third kappa shape index (κ3) is 6.96. The molecule has 1 aliphatic rings. The topological polar surface area (TPSA) is 59.0 Å². The summed E-state index contributed by atoms with van der Waals surface area (Å²) in [5, 5.41) is 10.6. The van der Waals surface area contributed by atoms with Crippen LogP contribution in [0.15, 0.2) is 18.5 Å². The Hall–Kier alpha value is -1.07. The second kappa shape index (κ2) is 9.79. The zero-order valence-corrected chi connectivity index (χ0v) is 13.6. The fraction of sp³-hybridized carbons (Fsp3) is 0.733. The van der Waals surface area contributed by atoms with E-state index in [1.54, 1.807) is 6.20 Å². The number of piperidine rings is 1. The van der Waals surface area contributed by atoms with Gasteiger partial charge < -0.3 is 10.6 Å². The highest BCUT2D eigenvalue weighted by atomic mass is 35.5. The predicted octanol–water partition coefficient (Wildman–Crippen LogP) is 1.84. The minimum absolute atomic E-state index is 0. The third-order valence-electron chi connectivity index (χ3n) is 3.94. The van der Waals surface area contributed by atoms with Crippen molar-refractivity contribution in [3.05, 3.63) is 18.5 Å². The van der Waals surface area contributed by atoms with E-state index in [4.69, 9.17) is 0 Å². The molecule has 1 amide bonds. The molecule has 1 aromatic rings. The van der Waals surface area contributed by atoms with E-state index in [-0.39, 0.29) is 18.3 Å². The summed E-state index contributed by atoms with van der Waals surface area (Å²) in [6.07, 6.45) is 7.85. The highest BCUT2D eigenvalue weighted by molar-refractivity contribution is 5.85. The zero-order chi connectivity index (χ0) is 14.2. The van der Waals surface area contributed by atoms with Crippen molar-refractivity contribution in [2.24, 2.45) is 11.8 Å². The summed E-state index contributed by atoms with van der Waals surface area (Å²) in [5.74, 6) is 1.32. The summed E-state index contributed by atoms with van der Waals surface area (Å²) in [5.41, 5.74) is 0. The Bertz CT molecular complexity index is 390. The number of halogens is 1. The van der Waals surface area contributed by atoms with Gasteiger partial charge in [-0.3, -0.25) is 9.48 Å². The fourth-order valence-electron chi connectivity index (χ4n) is 2.67. The van der Waals surface area contributed by atoms with Crippen LogP contribution in [0.25, 0.3) is 0 Å². The van der Waals surface area contributed by atoms with Gasteiger partial charge in [-0.1, -0.05) is 6.92 Å². The van der Waals surface area contributed by atoms with Crippen LogP contribution in [0.4, 0.5) is 0 Å². The van der Waals surface area contributed by atoms with Gasteiger partial charge in [-0.25, -0.2) is 0 Å². The molecule has 0 saturated carbocycles. The van der Waals surface area contributed by atoms with E-state index in [0.29, 0.717) is 12.3 Å². The van der Waals surface area contributed by atoms with Crippen LogP contribution in [0.2, 0.25) is 0 Å². The lowest BCUT2D eigenvalue weighted by atomic mass is 9.93. The van der Waals surface area contributed by atoms with Gasteiger partial charge in [-0.05, 0) is 50.3 Å². The molecule has 1 atom stereocenters. The van der Waals surface area contributed by atoms with E-state index in [1.165, 1.54) is 12.8 Å². The van der Waals surface area contributed by atoms with E-state index < -0.39 is 0 Å². The molecule has 1 unspecified atom stereocenters. The molecule has 0 aromatic carbocycles. The molecular formula is C15H27ClN4O. The fourth-order valence-corrected chi connectivity index (χ4v) is 2.67. The molecule has 120 valence electrons. The van der Waals surface area contributed by atoms with Gasteiger partial charge >= 0.3 is 0 Å². The average molecular weight is 315 g/mol. The molecular weight excluding hydrogens is 288 g/mol. The van der Waals surface area contributed by atoms with Gasteiger partial charge in [0, 0.05) is 31.9 Å². The van der Waals surface area contributed by atoms with Crippen LogP contribution in [-0.4, -0.2) is 35.3 Å². The van der Waals surface area contributed by atoms with Crippen molar-refractivity contribution in [3.63, 3.8) is 0 Å². The Morgan fingerprint density at radius 3 is 2.90 bits per heavy atom. The molecule has 5 nitrogen and oxygen atoms in total. The molecule has 0 aliphatic carbocycles. The van der Waals surface area contributed by atoms with Gasteiger partial charge in [0.2, 0.25) is 5.91 Å². The molecule has 0 bridgehead atoms. The van der Waals surface area contributed by atoms with Gasteiger partial charge in [-0.2, -0.15) is 5.10 Å². The number of nitrogens with zero attached hydrogens (tertiary/aromatic N) is 2. The molecule has 0 spiro atoms. The first-order valence-electron chi connectivity index (χ1n) is 7.69. The van der Waals surface area contributed by atoms with Crippen LogP contribution in [0.3, 0.4) is 0 Å². The smallest absolute Gasteiger partial charge is 0.220 e. The monoisotopic (exact) mass is 314 g/mol. The van der Waals surface area contributed by atoms with Gasteiger partial charge in [-0.15, -0.1) is 12.4 Å². The lowest BCUT2D eigenvalue weighted by Gasteiger charge is -2.22. The summed E-state index contributed by atoms with van der Waals surface area (Å²) in [7, 11) is 0. The van der Waals surface area contributed by atoms with E-state index >= 15 is 0 Å². The van der Waals surface area contributed by atoms with Crippen LogP contribution in [0, 0.1) is 11.8 Å². The number of nitrogens with one attached hydrogen (secondary N) is 2. The second-order valence-corrected chi connectivity index (χ2v) is 5.87. The van der Waals surface area contributed by atoms with Crippen LogP contribution in [0.5, 0.6) is 0 Å². The molecule has 1 aliphatic heterocycles. The first kappa shape index (κ1) is 18.0. The first-order chi connectivity index (χ1) is 9.74. The van der Waals surface area contributed by atoms with Crippen LogP contribution >= 0.6 is 12.4 Å². The van der Waals surface area contributed by atoms with Crippen molar-refractivity contribution in [1.82, 2.24) is 20.4 Å². The Balaban J connectivity index is 0.00000220. The largest absolute Gasteiger partial charge is 0.356 e. The lowest BCUT2D eigenvalue weighted by molar-refractivity contribution is -0.121. The number of hydrogen-bond donors (Lipinski definition) is 2. The maximum Gasteiger partial charge on any atom is 0.220 e. The summed E-state index contributed by atoms with van der Waals surface area (Å²) in [6, 6.07) is 1.92. The van der Waals surface area contributed by atoms with Crippen molar-refractivity contribution in [2.75, 3.05) is 19.6 Å². The molecule has 2 heterocycles. The van der Waals surface area contributed by atoms with Crippen molar-refractivity contribution in [2.45, 2.75) is 39.2 Å². The molecule has 1 aromatic heterocycles. The maximum absolute atomic E-state index is 11.8. The van der Waals surface area contributed by atoms with Crippen molar-refractivity contribution in [3.8, 4) is 0 Å². The number of hydrogen-bond acceptors (Lipinski definition) is 3. The molecule has 0 radical (unpaired) electrons. The standard InChI is InChI=1S/C15H26N4O.ClH/c1-13(12-19-10-2-7-18-19)11-17-15(20)4-3-14-5-8-16-9-6-14;/h2,7,10,13-14,16H,3-6,8-9,11-12H2,1H3,(H,17,20);1H. The maximum atomic E-state index is 11.8. The van der Waals surface area contributed by atoms with Gasteiger partial charge in [0.1, 0.15) is 0 Å². The van der Waals surface area contributed by atoms with Gasteiger partial charge in [0.15, 0.2) is 0 Å². The number of rotatable bonds is 7. The van der Waals surface area contributed by atoms with Crippen molar-refractivity contribution >= 4 is 18.3 Å². The predicted molar refractivity (Wildman–Crippen MR) is 86.5 cm³/mol. The van der Waals surface area contributed by atoms with E-state index in [0.717, 1.165) is 38.5 Å². The Labute approximate surface area is 133 Å². The van der Waals surface area contributed by atoms with E-state index in [1.807, 2.05) is 16.9 Å². The third-order valence-corrected chi connectivity index (χ3v) is 3.94. The molecule has 1 saturated heterocycles. The molecule has 21 heavy (non-hydrogen) atoms. The average Bonchev–Trinajstić information content (AvgIpc) is 2.97. The highest BCUT2D eigenvalue weighted by Gasteiger charge is 2.14. The van der Waals surface area contributed by atoms with Crippen LogP contribution < -0.4 is 10.6 Å². The minimum Gasteiger partial charge on any atom is -0.356 e. The minimum atomic E-state index is 0. The molecule has 1 fully saturated rings. The lowest BCUT2D eigenvalue weighted by Crippen LogP contribution is -2.31. The van der Waals surface area contributed by atoms with Gasteiger partial charge in [0.25, 0.3) is 0 Å². The summed E-state index contributed by atoms with van der Waals surface area (Å²) in [6.45, 7) is 5.92. The Kier molecular flexibility index (Phi) is 8.38.